The number of pyridine rings is 1. The topological polar surface area (TPSA) is 93.4 Å². The molecule has 8 heteroatoms. The average Bonchev–Trinajstić information content (AvgIpc) is 3.12. The molecule has 0 bridgehead atoms. The van der Waals surface area contributed by atoms with E-state index < -0.39 is 0 Å². The molecule has 0 aliphatic heterocycles. The number of nitrogens with one attached hydrogen (secondary N) is 2. The molecule has 1 aliphatic rings. The second kappa shape index (κ2) is 7.61. The number of hydrogen-bond donors (Lipinski definition) is 2. The summed E-state index contributed by atoms with van der Waals surface area (Å²) in [6.45, 7) is 0. The summed E-state index contributed by atoms with van der Waals surface area (Å²) < 4.78 is 6.80. The molecular formula is C19H22N6O2. The summed E-state index contributed by atoms with van der Waals surface area (Å²) in [7, 11) is 1.60. The Labute approximate surface area is 157 Å². The quantitative estimate of drug-likeness (QED) is 0.721. The lowest BCUT2D eigenvalue weighted by atomic mass is 9.95. The van der Waals surface area contributed by atoms with Crippen LogP contribution in [0.1, 0.15) is 42.5 Å². The van der Waals surface area contributed by atoms with Crippen molar-refractivity contribution in [3.8, 4) is 5.75 Å². The number of amides is 1. The van der Waals surface area contributed by atoms with Gasteiger partial charge in [-0.15, -0.1) is 0 Å². The monoisotopic (exact) mass is 366 g/mol. The van der Waals surface area contributed by atoms with Crippen molar-refractivity contribution in [1.29, 1.82) is 0 Å². The Bertz CT molecular complexity index is 948. The molecule has 0 unspecified atom stereocenters. The molecule has 2 N–H and O–H groups in total. The summed E-state index contributed by atoms with van der Waals surface area (Å²) >= 11 is 0. The molecule has 8 nitrogen and oxygen atoms in total. The number of hydrogen-bond acceptors (Lipinski definition) is 6. The maximum absolute atomic E-state index is 12.7. The van der Waals surface area contributed by atoms with E-state index in [0.717, 1.165) is 12.8 Å². The lowest BCUT2D eigenvalue weighted by Crippen LogP contribution is -2.36. The van der Waals surface area contributed by atoms with E-state index in [2.05, 4.69) is 25.7 Å². The van der Waals surface area contributed by atoms with Crippen LogP contribution in [0.2, 0.25) is 0 Å². The van der Waals surface area contributed by atoms with Crippen LogP contribution in [0.3, 0.4) is 0 Å². The van der Waals surface area contributed by atoms with Crippen molar-refractivity contribution in [2.75, 3.05) is 12.4 Å². The van der Waals surface area contributed by atoms with E-state index in [1.54, 1.807) is 48.4 Å². The van der Waals surface area contributed by atoms with E-state index >= 15 is 0 Å². The number of nitrogens with zero attached hydrogens (tertiary/aromatic N) is 4. The van der Waals surface area contributed by atoms with Crippen molar-refractivity contribution in [3.05, 3.63) is 42.4 Å². The molecule has 0 aromatic carbocycles. The second-order valence-electron chi connectivity index (χ2n) is 6.65. The molecule has 1 amide bonds. The highest BCUT2D eigenvalue weighted by Crippen LogP contribution is 2.20. The van der Waals surface area contributed by atoms with Gasteiger partial charge in [0, 0.05) is 24.5 Å². The van der Waals surface area contributed by atoms with Crippen molar-refractivity contribution in [2.24, 2.45) is 0 Å². The van der Waals surface area contributed by atoms with E-state index in [0.29, 0.717) is 28.6 Å². The number of fused-ring (bicyclic) bond motifs is 1. The van der Waals surface area contributed by atoms with Crippen molar-refractivity contribution >= 4 is 23.2 Å². The van der Waals surface area contributed by atoms with Crippen molar-refractivity contribution in [2.45, 2.75) is 38.1 Å². The zero-order valence-electron chi connectivity index (χ0n) is 15.2. The van der Waals surface area contributed by atoms with Gasteiger partial charge in [0.15, 0.2) is 5.65 Å². The number of methoxy groups -OCH3 is 1. The van der Waals surface area contributed by atoms with Gasteiger partial charge in [-0.05, 0) is 25.0 Å². The van der Waals surface area contributed by atoms with E-state index in [1.165, 1.54) is 19.3 Å². The predicted molar refractivity (Wildman–Crippen MR) is 101 cm³/mol. The number of ether oxygens (including phenoxy) is 1. The highest BCUT2D eigenvalue weighted by molar-refractivity contribution is 5.99. The van der Waals surface area contributed by atoms with Gasteiger partial charge < -0.3 is 15.4 Å². The van der Waals surface area contributed by atoms with Gasteiger partial charge in [-0.2, -0.15) is 5.10 Å². The first-order valence-electron chi connectivity index (χ1n) is 9.15. The van der Waals surface area contributed by atoms with Crippen LogP contribution >= 0.6 is 0 Å². The van der Waals surface area contributed by atoms with Crippen LogP contribution in [-0.2, 0) is 0 Å². The molecule has 0 spiro atoms. The van der Waals surface area contributed by atoms with Crippen LogP contribution in [-0.4, -0.2) is 38.6 Å². The summed E-state index contributed by atoms with van der Waals surface area (Å²) in [6.07, 6.45) is 10.6. The Morgan fingerprint density at radius 2 is 2.07 bits per heavy atom. The molecular weight excluding hydrogens is 344 g/mol. The van der Waals surface area contributed by atoms with E-state index in [1.807, 2.05) is 0 Å². The average molecular weight is 366 g/mol. The van der Waals surface area contributed by atoms with Crippen LogP contribution in [0.5, 0.6) is 5.75 Å². The number of anilines is 2. The first-order chi connectivity index (χ1) is 13.2. The fraction of sp³-hybridized carbons (Fsp3) is 0.368. The molecule has 3 aromatic heterocycles. The van der Waals surface area contributed by atoms with E-state index in [-0.39, 0.29) is 11.9 Å². The van der Waals surface area contributed by atoms with Crippen molar-refractivity contribution in [1.82, 2.24) is 24.9 Å². The number of carbonyl (C=O) groups is 1. The molecule has 1 aliphatic carbocycles. The van der Waals surface area contributed by atoms with Crippen LogP contribution in [0.15, 0.2) is 36.8 Å². The molecule has 0 radical (unpaired) electrons. The molecule has 1 saturated carbocycles. The molecule has 27 heavy (non-hydrogen) atoms. The standard InChI is InChI=1S/C19H22N6O2/c1-27-14-7-9-20-17(11-14)23-16-8-10-25-18(24-16)15(12-21-25)19(26)22-13-5-3-2-4-6-13/h7-13H,2-6H2,1H3,(H,22,26)(H,20,23,24). The van der Waals surface area contributed by atoms with Gasteiger partial charge in [0.05, 0.1) is 13.3 Å². The number of rotatable bonds is 5. The molecule has 0 saturated heterocycles. The van der Waals surface area contributed by atoms with Gasteiger partial charge in [-0.25, -0.2) is 14.5 Å². The molecule has 1 fully saturated rings. The van der Waals surface area contributed by atoms with E-state index in [4.69, 9.17) is 4.74 Å². The van der Waals surface area contributed by atoms with Crippen LogP contribution in [0.4, 0.5) is 11.6 Å². The summed E-state index contributed by atoms with van der Waals surface area (Å²) in [4.78, 5) is 21.5. The zero-order valence-corrected chi connectivity index (χ0v) is 15.2. The summed E-state index contributed by atoms with van der Waals surface area (Å²) in [6, 6.07) is 5.57. The summed E-state index contributed by atoms with van der Waals surface area (Å²) in [5.41, 5.74) is 0.985. The predicted octanol–water partition coefficient (Wildman–Crippen LogP) is 2.94. The van der Waals surface area contributed by atoms with Gasteiger partial charge in [0.25, 0.3) is 5.91 Å². The fourth-order valence-corrected chi connectivity index (χ4v) is 3.35. The van der Waals surface area contributed by atoms with E-state index in [9.17, 15) is 4.79 Å². The smallest absolute Gasteiger partial charge is 0.256 e. The first kappa shape index (κ1) is 17.3. The van der Waals surface area contributed by atoms with Gasteiger partial charge in [-0.1, -0.05) is 19.3 Å². The Morgan fingerprint density at radius 1 is 1.22 bits per heavy atom. The maximum Gasteiger partial charge on any atom is 0.256 e. The highest BCUT2D eigenvalue weighted by Gasteiger charge is 2.20. The third-order valence-corrected chi connectivity index (χ3v) is 4.78. The van der Waals surface area contributed by atoms with Crippen LogP contribution < -0.4 is 15.4 Å². The largest absolute Gasteiger partial charge is 0.497 e. The molecule has 3 aromatic rings. The van der Waals surface area contributed by atoms with Crippen LogP contribution in [0, 0.1) is 0 Å². The Balaban J connectivity index is 1.56. The Morgan fingerprint density at radius 3 is 2.89 bits per heavy atom. The normalized spacial score (nSPS) is 14.9. The van der Waals surface area contributed by atoms with Gasteiger partial charge in [0.1, 0.15) is 22.9 Å². The summed E-state index contributed by atoms with van der Waals surface area (Å²) in [5.74, 6) is 1.76. The fourth-order valence-electron chi connectivity index (χ4n) is 3.35. The Kier molecular flexibility index (Phi) is 4.86. The molecule has 4 rings (SSSR count). The maximum atomic E-state index is 12.7. The van der Waals surface area contributed by atoms with Gasteiger partial charge >= 0.3 is 0 Å². The number of carbonyl (C=O) groups excluding carboxylic acids is 1. The Hall–Kier alpha value is -3.16. The van der Waals surface area contributed by atoms with Gasteiger partial charge in [-0.3, -0.25) is 4.79 Å². The second-order valence-corrected chi connectivity index (χ2v) is 6.65. The highest BCUT2D eigenvalue weighted by atomic mass is 16.5. The molecule has 3 heterocycles. The summed E-state index contributed by atoms with van der Waals surface area (Å²) in [5, 5.41) is 10.5. The molecule has 0 atom stereocenters. The third-order valence-electron chi connectivity index (χ3n) is 4.78. The molecule has 140 valence electrons. The minimum absolute atomic E-state index is 0.124. The minimum Gasteiger partial charge on any atom is -0.497 e. The van der Waals surface area contributed by atoms with Gasteiger partial charge in [0.2, 0.25) is 0 Å². The lowest BCUT2D eigenvalue weighted by molar-refractivity contribution is 0.0929. The lowest BCUT2D eigenvalue weighted by Gasteiger charge is -2.22. The first-order valence-corrected chi connectivity index (χ1v) is 9.15. The van der Waals surface area contributed by atoms with Crippen molar-refractivity contribution in [3.63, 3.8) is 0 Å². The number of aromatic nitrogens is 4. The SMILES string of the molecule is COc1ccnc(Nc2ccn3ncc(C(=O)NC4CCCCC4)c3n2)c1. The van der Waals surface area contributed by atoms with Crippen LogP contribution in [0.25, 0.3) is 5.65 Å². The third kappa shape index (κ3) is 3.84. The zero-order chi connectivity index (χ0) is 18.6. The minimum atomic E-state index is -0.124. The van der Waals surface area contributed by atoms with Crippen molar-refractivity contribution < 1.29 is 9.53 Å².